The fourth-order valence-electron chi connectivity index (χ4n) is 1.06. The number of aryl methyl sites for hydroxylation is 1. The van der Waals surface area contributed by atoms with E-state index in [0.717, 1.165) is 12.1 Å². The van der Waals surface area contributed by atoms with Crippen LogP contribution < -0.4 is 0 Å². The molecule has 0 aliphatic carbocycles. The highest BCUT2D eigenvalue weighted by atomic mass is 32.2. The Kier molecular flexibility index (Phi) is 2.65. The topological polar surface area (TPSA) is 121 Å². The first-order valence-corrected chi connectivity index (χ1v) is 5.08. The van der Waals surface area contributed by atoms with Gasteiger partial charge in [-0.05, 0) is 18.6 Å². The summed E-state index contributed by atoms with van der Waals surface area (Å²) in [5, 5.41) is 19.6. The fraction of sp³-hybridized carbons (Fsp3) is 0.143. The lowest BCUT2D eigenvalue weighted by molar-refractivity contribution is -0.386. The van der Waals surface area contributed by atoms with Crippen molar-refractivity contribution in [3.63, 3.8) is 0 Å². The van der Waals surface area contributed by atoms with Crippen molar-refractivity contribution in [2.24, 2.45) is 0 Å². The largest absolute Gasteiger partial charge is 0.744 e. The maximum Gasteiger partial charge on any atom is 0.312 e. The van der Waals surface area contributed by atoms with Gasteiger partial charge in [0.2, 0.25) is 5.75 Å². The minimum absolute atomic E-state index is 0.203. The standard InChI is InChI=1S/C7H7NO6S/c1-4-2-5(8(10)11)7(9)6(3-4)15(12,13)14/h2-3,9H,1H3,(H,12,13,14)/p-1. The van der Waals surface area contributed by atoms with E-state index in [2.05, 4.69) is 0 Å². The van der Waals surface area contributed by atoms with Crippen LogP contribution in [-0.2, 0) is 10.1 Å². The summed E-state index contributed by atoms with van der Waals surface area (Å²) in [6, 6.07) is 1.86. The average Bonchev–Trinajstić information content (AvgIpc) is 2.06. The zero-order valence-electron chi connectivity index (χ0n) is 7.50. The average molecular weight is 232 g/mol. The summed E-state index contributed by atoms with van der Waals surface area (Å²) in [6.07, 6.45) is 0. The minimum atomic E-state index is -4.92. The van der Waals surface area contributed by atoms with Gasteiger partial charge in [0.05, 0.1) is 4.92 Å². The van der Waals surface area contributed by atoms with E-state index in [9.17, 15) is 28.2 Å². The summed E-state index contributed by atoms with van der Waals surface area (Å²) in [4.78, 5) is 8.46. The molecule has 0 saturated carbocycles. The predicted molar refractivity (Wildman–Crippen MR) is 47.5 cm³/mol. The molecule has 0 aromatic heterocycles. The summed E-state index contributed by atoms with van der Waals surface area (Å²) in [5.41, 5.74) is -0.599. The smallest absolute Gasteiger partial charge is 0.312 e. The van der Waals surface area contributed by atoms with Crippen LogP contribution in [0, 0.1) is 17.0 Å². The Labute approximate surface area is 84.9 Å². The van der Waals surface area contributed by atoms with E-state index in [0.29, 0.717) is 0 Å². The van der Waals surface area contributed by atoms with Crippen LogP contribution in [0.3, 0.4) is 0 Å². The molecule has 0 spiro atoms. The lowest BCUT2D eigenvalue weighted by Gasteiger charge is -2.09. The van der Waals surface area contributed by atoms with E-state index in [1.807, 2.05) is 0 Å². The van der Waals surface area contributed by atoms with E-state index in [4.69, 9.17) is 0 Å². The molecule has 82 valence electrons. The van der Waals surface area contributed by atoms with E-state index < -0.39 is 31.4 Å². The molecular formula is C7H6NO6S-. The van der Waals surface area contributed by atoms with Crippen LogP contribution >= 0.6 is 0 Å². The molecule has 1 rings (SSSR count). The Morgan fingerprint density at radius 2 is 1.93 bits per heavy atom. The highest BCUT2D eigenvalue weighted by molar-refractivity contribution is 7.85. The molecule has 0 atom stereocenters. The molecule has 0 heterocycles. The lowest BCUT2D eigenvalue weighted by Crippen LogP contribution is -2.01. The number of benzene rings is 1. The third-order valence-corrected chi connectivity index (χ3v) is 2.52. The third kappa shape index (κ3) is 2.22. The maximum atomic E-state index is 10.6. The number of nitro benzene ring substituents is 1. The van der Waals surface area contributed by atoms with Crippen molar-refractivity contribution in [1.29, 1.82) is 0 Å². The van der Waals surface area contributed by atoms with E-state index >= 15 is 0 Å². The Hall–Kier alpha value is -1.67. The van der Waals surface area contributed by atoms with E-state index in [1.165, 1.54) is 6.92 Å². The van der Waals surface area contributed by atoms with Crippen molar-refractivity contribution in [2.45, 2.75) is 11.8 Å². The molecule has 8 heteroatoms. The first-order valence-electron chi connectivity index (χ1n) is 3.67. The van der Waals surface area contributed by atoms with Gasteiger partial charge >= 0.3 is 5.69 Å². The zero-order valence-corrected chi connectivity index (χ0v) is 8.32. The number of nitro groups is 1. The van der Waals surface area contributed by atoms with Gasteiger partial charge in [-0.1, -0.05) is 0 Å². The number of phenolic OH excluding ortho intramolecular Hbond substituents is 1. The fourth-order valence-corrected chi connectivity index (χ4v) is 1.73. The van der Waals surface area contributed by atoms with Crippen molar-refractivity contribution in [3.05, 3.63) is 27.8 Å². The van der Waals surface area contributed by atoms with Crippen molar-refractivity contribution in [1.82, 2.24) is 0 Å². The summed E-state index contributed by atoms with van der Waals surface area (Å²) < 4.78 is 31.9. The van der Waals surface area contributed by atoms with Gasteiger partial charge in [0.25, 0.3) is 0 Å². The maximum absolute atomic E-state index is 10.6. The number of hydrogen-bond donors (Lipinski definition) is 1. The lowest BCUT2D eigenvalue weighted by atomic mass is 10.2. The van der Waals surface area contributed by atoms with Crippen molar-refractivity contribution >= 4 is 15.8 Å². The number of aromatic hydroxyl groups is 1. The zero-order chi connectivity index (χ0) is 11.8. The third-order valence-electron chi connectivity index (χ3n) is 1.67. The van der Waals surface area contributed by atoms with Gasteiger partial charge in [0, 0.05) is 6.07 Å². The van der Waals surface area contributed by atoms with Crippen LogP contribution in [0.25, 0.3) is 0 Å². The highest BCUT2D eigenvalue weighted by Crippen LogP contribution is 2.33. The number of nitrogens with zero attached hydrogens (tertiary/aromatic N) is 1. The number of hydrogen-bond acceptors (Lipinski definition) is 6. The molecule has 7 nitrogen and oxygen atoms in total. The molecule has 15 heavy (non-hydrogen) atoms. The molecule has 0 aliphatic heterocycles. The minimum Gasteiger partial charge on any atom is -0.744 e. The van der Waals surface area contributed by atoms with Gasteiger partial charge in [-0.2, -0.15) is 0 Å². The monoisotopic (exact) mass is 232 g/mol. The molecule has 0 aliphatic rings. The van der Waals surface area contributed by atoms with Gasteiger partial charge in [0.1, 0.15) is 15.0 Å². The van der Waals surface area contributed by atoms with Crippen molar-refractivity contribution in [3.8, 4) is 5.75 Å². The second-order valence-corrected chi connectivity index (χ2v) is 4.19. The molecule has 0 saturated heterocycles. The summed E-state index contributed by atoms with van der Waals surface area (Å²) in [6.45, 7) is 1.38. The Bertz CT molecular complexity index is 521. The highest BCUT2D eigenvalue weighted by Gasteiger charge is 2.21. The van der Waals surface area contributed by atoms with E-state index in [1.54, 1.807) is 0 Å². The van der Waals surface area contributed by atoms with Gasteiger partial charge in [-0.3, -0.25) is 10.1 Å². The second kappa shape index (κ2) is 3.48. The number of phenols is 1. The van der Waals surface area contributed by atoms with Gasteiger partial charge in [0.15, 0.2) is 0 Å². The van der Waals surface area contributed by atoms with Gasteiger partial charge in [-0.25, -0.2) is 8.42 Å². The van der Waals surface area contributed by atoms with Gasteiger partial charge in [-0.15, -0.1) is 0 Å². The SMILES string of the molecule is Cc1cc([N+](=O)[O-])c(O)c(S(=O)(=O)[O-])c1. The van der Waals surface area contributed by atoms with Crippen LogP contribution in [0.2, 0.25) is 0 Å². The molecule has 0 unspecified atom stereocenters. The molecular weight excluding hydrogens is 226 g/mol. The van der Waals surface area contributed by atoms with Crippen LogP contribution in [0.1, 0.15) is 5.56 Å². The molecule has 1 aromatic carbocycles. The molecule has 1 N–H and O–H groups in total. The summed E-state index contributed by atoms with van der Waals surface area (Å²) in [7, 11) is -4.92. The quantitative estimate of drug-likeness (QED) is 0.450. The Morgan fingerprint density at radius 1 is 1.40 bits per heavy atom. The van der Waals surface area contributed by atoms with Crippen molar-refractivity contribution in [2.75, 3.05) is 0 Å². The molecule has 0 bridgehead atoms. The van der Waals surface area contributed by atoms with Gasteiger partial charge < -0.3 is 9.66 Å². The van der Waals surface area contributed by atoms with Crippen LogP contribution in [0.15, 0.2) is 17.0 Å². The predicted octanol–water partition coefficient (Wildman–Crippen LogP) is 0.513. The van der Waals surface area contributed by atoms with Crippen LogP contribution in [-0.4, -0.2) is 23.0 Å². The van der Waals surface area contributed by atoms with Crippen molar-refractivity contribution < 1.29 is 23.0 Å². The molecule has 0 radical (unpaired) electrons. The first kappa shape index (κ1) is 11.4. The number of rotatable bonds is 2. The van der Waals surface area contributed by atoms with E-state index in [-0.39, 0.29) is 5.56 Å². The Balaban J connectivity index is 3.63. The normalized spacial score (nSPS) is 11.3. The summed E-state index contributed by atoms with van der Waals surface area (Å²) in [5.74, 6) is -1.12. The molecule has 0 fully saturated rings. The molecule has 1 aromatic rings. The summed E-state index contributed by atoms with van der Waals surface area (Å²) >= 11 is 0. The Morgan fingerprint density at radius 3 is 2.33 bits per heavy atom. The first-order chi connectivity index (χ1) is 6.73. The second-order valence-electron chi connectivity index (χ2n) is 2.84. The molecule has 0 amide bonds. The van der Waals surface area contributed by atoms with Crippen LogP contribution in [0.4, 0.5) is 5.69 Å². The van der Waals surface area contributed by atoms with Crippen LogP contribution in [0.5, 0.6) is 5.75 Å².